The molecule has 3 rings (SSSR count). The molecule has 0 aliphatic carbocycles. The Hall–Kier alpha value is -3.40. The molecule has 0 radical (unpaired) electrons. The normalized spacial score (nSPS) is 14.2. The van der Waals surface area contributed by atoms with Crippen molar-refractivity contribution in [2.24, 2.45) is 0 Å². The van der Waals surface area contributed by atoms with E-state index in [1.807, 2.05) is 18.2 Å². The van der Waals surface area contributed by atoms with Crippen molar-refractivity contribution in [2.45, 2.75) is 0 Å². The fraction of sp³-hybridized carbons (Fsp3) is 0.222. The predicted octanol–water partition coefficient (Wildman–Crippen LogP) is 1.45. The molecule has 1 saturated heterocycles. The van der Waals surface area contributed by atoms with Crippen molar-refractivity contribution >= 4 is 17.5 Å². The molecule has 0 spiro atoms. The molecule has 2 aromatic rings. The number of methoxy groups -OCH3 is 1. The first kappa shape index (κ1) is 16.5. The number of hydrogen-bond donors (Lipinski definition) is 0. The number of hydrogen-bond acceptors (Lipinski definition) is 5. The van der Waals surface area contributed by atoms with Crippen molar-refractivity contribution in [3.8, 4) is 11.8 Å². The Kier molecular flexibility index (Phi) is 4.61. The lowest BCUT2D eigenvalue weighted by Crippen LogP contribution is -2.52. The maximum atomic E-state index is 12.5. The average Bonchev–Trinajstić information content (AvgIpc) is 2.67. The van der Waals surface area contributed by atoms with Crippen LogP contribution in [0.4, 0.5) is 5.69 Å². The van der Waals surface area contributed by atoms with Gasteiger partial charge in [-0.15, -0.1) is 0 Å². The summed E-state index contributed by atoms with van der Waals surface area (Å²) < 4.78 is 5.11. The molecule has 2 heterocycles. The van der Waals surface area contributed by atoms with E-state index >= 15 is 0 Å². The number of carbonyl (C=O) groups is 2. The summed E-state index contributed by atoms with van der Waals surface area (Å²) in [6, 6.07) is 12.2. The van der Waals surface area contributed by atoms with E-state index < -0.39 is 0 Å². The van der Waals surface area contributed by atoms with E-state index in [0.29, 0.717) is 18.7 Å². The van der Waals surface area contributed by atoms with E-state index in [9.17, 15) is 9.59 Å². The number of aromatic nitrogens is 1. The fourth-order valence-corrected chi connectivity index (χ4v) is 2.65. The summed E-state index contributed by atoms with van der Waals surface area (Å²) in [5.41, 5.74) is 1.39. The maximum absolute atomic E-state index is 12.5. The molecule has 0 atom stereocenters. The lowest BCUT2D eigenvalue weighted by atomic mass is 10.2. The quantitative estimate of drug-likeness (QED) is 0.847. The van der Waals surface area contributed by atoms with Gasteiger partial charge in [0.15, 0.2) is 0 Å². The Morgan fingerprint density at radius 2 is 1.96 bits per heavy atom. The second-order valence-electron chi connectivity index (χ2n) is 5.51. The van der Waals surface area contributed by atoms with Gasteiger partial charge >= 0.3 is 0 Å². The molecule has 1 aromatic carbocycles. The zero-order chi connectivity index (χ0) is 17.8. The molecule has 0 saturated carbocycles. The Morgan fingerprint density at radius 3 is 2.52 bits per heavy atom. The van der Waals surface area contributed by atoms with Crippen LogP contribution in [-0.4, -0.2) is 48.4 Å². The summed E-state index contributed by atoms with van der Waals surface area (Å²) in [6.45, 7) is 0.849. The van der Waals surface area contributed by atoms with Gasteiger partial charge in [0.1, 0.15) is 24.1 Å². The fourth-order valence-electron chi connectivity index (χ4n) is 2.65. The van der Waals surface area contributed by atoms with Crippen LogP contribution in [0.3, 0.4) is 0 Å². The monoisotopic (exact) mass is 336 g/mol. The number of anilines is 1. The number of nitriles is 1. The first-order valence-corrected chi connectivity index (χ1v) is 7.72. The molecule has 126 valence electrons. The highest BCUT2D eigenvalue weighted by Crippen LogP contribution is 2.21. The van der Waals surface area contributed by atoms with E-state index in [2.05, 4.69) is 4.98 Å². The highest BCUT2D eigenvalue weighted by molar-refractivity contribution is 6.01. The third-order valence-electron chi connectivity index (χ3n) is 4.02. The second-order valence-corrected chi connectivity index (χ2v) is 5.51. The molecule has 1 aliphatic rings. The van der Waals surface area contributed by atoms with Crippen molar-refractivity contribution < 1.29 is 14.3 Å². The molecule has 2 amide bonds. The highest BCUT2D eigenvalue weighted by Gasteiger charge is 2.28. The standard InChI is InChI=1S/C18H16N4O3/c1-25-16-6-4-15(5-7-16)22-9-8-21(12-17(22)23)18(24)13-2-3-14(10-19)20-11-13/h2-7,11H,8-9,12H2,1H3. The third kappa shape index (κ3) is 3.43. The van der Waals surface area contributed by atoms with Gasteiger partial charge in [0.25, 0.3) is 5.91 Å². The number of piperazine rings is 1. The minimum atomic E-state index is -0.264. The largest absolute Gasteiger partial charge is 0.497 e. The molecule has 25 heavy (non-hydrogen) atoms. The van der Waals surface area contributed by atoms with Gasteiger partial charge in [-0.1, -0.05) is 0 Å². The summed E-state index contributed by atoms with van der Waals surface area (Å²) in [7, 11) is 1.59. The summed E-state index contributed by atoms with van der Waals surface area (Å²) in [6.07, 6.45) is 1.36. The third-order valence-corrected chi connectivity index (χ3v) is 4.02. The Labute approximate surface area is 145 Å². The highest BCUT2D eigenvalue weighted by atomic mass is 16.5. The smallest absolute Gasteiger partial charge is 0.255 e. The van der Waals surface area contributed by atoms with E-state index in [-0.39, 0.29) is 24.1 Å². The lowest BCUT2D eigenvalue weighted by Gasteiger charge is -2.34. The number of nitrogens with zero attached hydrogens (tertiary/aromatic N) is 4. The average molecular weight is 336 g/mol. The topological polar surface area (TPSA) is 86.5 Å². The molecule has 7 heteroatoms. The van der Waals surface area contributed by atoms with Crippen molar-refractivity contribution in [1.29, 1.82) is 5.26 Å². The van der Waals surface area contributed by atoms with Gasteiger partial charge in [-0.2, -0.15) is 5.26 Å². The Balaban J connectivity index is 1.69. The molecular formula is C18H16N4O3. The summed E-state index contributed by atoms with van der Waals surface area (Å²) >= 11 is 0. The van der Waals surface area contributed by atoms with E-state index in [4.69, 9.17) is 10.00 Å². The van der Waals surface area contributed by atoms with E-state index in [1.54, 1.807) is 30.2 Å². The molecular weight excluding hydrogens is 320 g/mol. The van der Waals surface area contributed by atoms with Gasteiger partial charge in [-0.25, -0.2) is 4.98 Å². The number of pyridine rings is 1. The van der Waals surface area contributed by atoms with Crippen LogP contribution in [0.2, 0.25) is 0 Å². The second kappa shape index (κ2) is 7.01. The summed E-state index contributed by atoms with van der Waals surface area (Å²) in [4.78, 5) is 32.0. The SMILES string of the molecule is COc1ccc(N2CCN(C(=O)c3ccc(C#N)nc3)CC2=O)cc1. The van der Waals surface area contributed by atoms with Crippen molar-refractivity contribution in [2.75, 3.05) is 31.6 Å². The Bertz CT molecular complexity index is 825. The Morgan fingerprint density at radius 1 is 1.20 bits per heavy atom. The number of benzene rings is 1. The van der Waals surface area contributed by atoms with Gasteiger partial charge in [0.05, 0.1) is 12.7 Å². The lowest BCUT2D eigenvalue weighted by molar-refractivity contribution is -0.120. The van der Waals surface area contributed by atoms with E-state index in [0.717, 1.165) is 11.4 Å². The summed E-state index contributed by atoms with van der Waals surface area (Å²) in [5, 5.41) is 8.76. The molecule has 0 bridgehead atoms. The van der Waals surface area contributed by atoms with Gasteiger partial charge in [-0.3, -0.25) is 9.59 Å². The number of amides is 2. The molecule has 1 aromatic heterocycles. The van der Waals surface area contributed by atoms with Gasteiger partial charge in [0.2, 0.25) is 5.91 Å². The molecule has 0 unspecified atom stereocenters. The molecule has 0 N–H and O–H groups in total. The zero-order valence-electron chi connectivity index (χ0n) is 13.7. The van der Waals surface area contributed by atoms with Crippen molar-refractivity contribution in [3.05, 3.63) is 53.9 Å². The van der Waals surface area contributed by atoms with Crippen molar-refractivity contribution in [1.82, 2.24) is 9.88 Å². The van der Waals surface area contributed by atoms with Crippen LogP contribution in [0.1, 0.15) is 16.1 Å². The van der Waals surface area contributed by atoms with Crippen LogP contribution in [0.25, 0.3) is 0 Å². The number of carbonyl (C=O) groups excluding carboxylic acids is 2. The summed E-state index contributed by atoms with van der Waals surface area (Å²) in [5.74, 6) is 0.310. The van der Waals surface area contributed by atoms with Crippen LogP contribution in [0.5, 0.6) is 5.75 Å². The number of rotatable bonds is 3. The molecule has 1 aliphatic heterocycles. The number of ether oxygens (including phenoxy) is 1. The van der Waals surface area contributed by atoms with Gasteiger partial charge in [0, 0.05) is 25.0 Å². The van der Waals surface area contributed by atoms with Crippen LogP contribution in [0, 0.1) is 11.3 Å². The van der Waals surface area contributed by atoms with E-state index in [1.165, 1.54) is 17.2 Å². The van der Waals surface area contributed by atoms with Crippen LogP contribution in [0.15, 0.2) is 42.6 Å². The maximum Gasteiger partial charge on any atom is 0.255 e. The zero-order valence-corrected chi connectivity index (χ0v) is 13.7. The first-order valence-electron chi connectivity index (χ1n) is 7.72. The molecule has 1 fully saturated rings. The van der Waals surface area contributed by atoms with Gasteiger partial charge in [-0.05, 0) is 36.4 Å². The van der Waals surface area contributed by atoms with Crippen molar-refractivity contribution in [3.63, 3.8) is 0 Å². The van der Waals surface area contributed by atoms with Crippen LogP contribution < -0.4 is 9.64 Å². The minimum Gasteiger partial charge on any atom is -0.497 e. The van der Waals surface area contributed by atoms with Crippen LogP contribution in [-0.2, 0) is 4.79 Å². The molecule has 7 nitrogen and oxygen atoms in total. The minimum absolute atomic E-state index is 0.00483. The predicted molar refractivity (Wildman–Crippen MR) is 90.2 cm³/mol. The first-order chi connectivity index (χ1) is 12.1. The van der Waals surface area contributed by atoms with Gasteiger partial charge < -0.3 is 14.5 Å². The van der Waals surface area contributed by atoms with Crippen LogP contribution >= 0.6 is 0 Å².